The number of aryl methyl sites for hydroxylation is 1. The Balaban J connectivity index is 3.06. The van der Waals surface area contributed by atoms with Gasteiger partial charge < -0.3 is 5.73 Å². The van der Waals surface area contributed by atoms with Crippen LogP contribution < -0.4 is 5.73 Å². The molecule has 2 N–H and O–H groups in total. The van der Waals surface area contributed by atoms with E-state index in [9.17, 15) is 0 Å². The second-order valence-corrected chi connectivity index (χ2v) is 1.30. The van der Waals surface area contributed by atoms with Crippen molar-refractivity contribution >= 4 is 5.95 Å². The van der Waals surface area contributed by atoms with Crippen LogP contribution in [0.15, 0.2) is 12.3 Å². The second-order valence-electron chi connectivity index (χ2n) is 1.30. The molecular formula is C5H7N3. The number of nitrogen functional groups attached to an aromatic ring is 1. The van der Waals surface area contributed by atoms with E-state index in [1.165, 1.54) is 12.3 Å². The van der Waals surface area contributed by atoms with Crippen molar-refractivity contribution in [2.75, 3.05) is 5.73 Å². The lowest BCUT2D eigenvalue weighted by atomic mass is 10.6. The van der Waals surface area contributed by atoms with E-state index in [1.54, 1.807) is 0 Å². The van der Waals surface area contributed by atoms with Gasteiger partial charge in [0.05, 0.1) is 0 Å². The molecule has 0 aliphatic heterocycles. The summed E-state index contributed by atoms with van der Waals surface area (Å²) in [5, 5.41) is 0. The molecule has 0 saturated carbocycles. The van der Waals surface area contributed by atoms with E-state index in [0.29, 0.717) is 0 Å². The van der Waals surface area contributed by atoms with Gasteiger partial charge in [-0.25, -0.2) is 9.97 Å². The van der Waals surface area contributed by atoms with Crippen LogP contribution in [0.4, 0.5) is 5.95 Å². The predicted octanol–water partition coefficient (Wildman–Crippen LogP) is 0.367. The molecule has 0 fully saturated rings. The van der Waals surface area contributed by atoms with Crippen LogP contribution in [0.2, 0.25) is 0 Å². The van der Waals surface area contributed by atoms with Crippen LogP contribution in [-0.2, 0) is 0 Å². The summed E-state index contributed by atoms with van der Waals surface area (Å²) in [7, 11) is 0. The molecule has 0 aromatic carbocycles. The summed E-state index contributed by atoms with van der Waals surface area (Å²) in [5.41, 5.74) is 5.16. The van der Waals surface area contributed by atoms with E-state index >= 15 is 0 Å². The number of nitrogens with zero attached hydrogens (tertiary/aromatic N) is 2. The van der Waals surface area contributed by atoms with Crippen LogP contribution in [-0.4, -0.2) is 9.97 Å². The van der Waals surface area contributed by atoms with E-state index in [4.69, 9.17) is 9.85 Å². The van der Waals surface area contributed by atoms with Gasteiger partial charge in [-0.1, -0.05) is 0 Å². The van der Waals surface area contributed by atoms with Gasteiger partial charge in [0, 0.05) is 16.0 Å². The van der Waals surface area contributed by atoms with Crippen molar-refractivity contribution in [3.8, 4) is 0 Å². The molecule has 0 saturated heterocycles. The number of hydrogen-bond donors (Lipinski definition) is 1. The molecular weight excluding hydrogens is 103 g/mol. The van der Waals surface area contributed by atoms with Crippen LogP contribution in [0.5, 0.6) is 0 Å². The van der Waals surface area contributed by atoms with Crippen molar-refractivity contribution in [1.82, 2.24) is 9.97 Å². The highest BCUT2D eigenvalue weighted by Gasteiger charge is 1.84. The Kier molecular flexibility index (Phi) is 0.541. The van der Waals surface area contributed by atoms with Crippen LogP contribution in [0.25, 0.3) is 0 Å². The van der Waals surface area contributed by atoms with Gasteiger partial charge in [0.15, 0.2) is 0 Å². The highest BCUT2D eigenvalue weighted by atomic mass is 15.0. The number of aromatic nitrogens is 2. The summed E-state index contributed by atoms with van der Waals surface area (Å²) in [6.07, 6.45) is 1.32. The maximum absolute atomic E-state index is 6.96. The maximum Gasteiger partial charge on any atom is 0.220 e. The number of hydrogen-bond acceptors (Lipinski definition) is 3. The van der Waals surface area contributed by atoms with Crippen LogP contribution in [0.3, 0.4) is 0 Å². The van der Waals surface area contributed by atoms with E-state index in [-0.39, 0.29) is 11.6 Å². The van der Waals surface area contributed by atoms with Crippen molar-refractivity contribution in [3.05, 3.63) is 18.0 Å². The van der Waals surface area contributed by atoms with Crippen molar-refractivity contribution in [2.45, 2.75) is 6.85 Å². The zero-order chi connectivity index (χ0) is 8.48. The summed E-state index contributed by atoms with van der Waals surface area (Å²) >= 11 is 0. The Morgan fingerprint density at radius 2 is 2.75 bits per heavy atom. The molecule has 1 heterocycles. The minimum Gasteiger partial charge on any atom is -0.368 e. The van der Waals surface area contributed by atoms with Gasteiger partial charge in [0.25, 0.3) is 0 Å². The molecule has 0 spiro atoms. The molecule has 1 aromatic heterocycles. The lowest BCUT2D eigenvalue weighted by Crippen LogP contribution is -1.93. The van der Waals surface area contributed by atoms with Gasteiger partial charge in [0.2, 0.25) is 5.95 Å². The van der Waals surface area contributed by atoms with Gasteiger partial charge in [-0.2, -0.15) is 0 Å². The quantitative estimate of drug-likeness (QED) is 0.494. The number of anilines is 1. The molecule has 0 radical (unpaired) electrons. The van der Waals surface area contributed by atoms with Gasteiger partial charge in [-0.05, 0) is 12.9 Å². The standard InChI is InChI=1S/C5H7N3/c1-4-2-3-7-5(6)8-4/h2-3H,1H3,(H2,6,7,8)/i1+1D3. The van der Waals surface area contributed by atoms with Crippen LogP contribution in [0, 0.1) is 6.85 Å². The Morgan fingerprint density at radius 3 is 3.25 bits per heavy atom. The zero-order valence-electron chi connectivity index (χ0n) is 7.13. The summed E-state index contributed by atoms with van der Waals surface area (Å²) in [5.74, 6) is -0.0152. The minimum absolute atomic E-state index is 0.0152. The fraction of sp³-hybridized carbons (Fsp3) is 0.200. The fourth-order valence-corrected chi connectivity index (χ4v) is 0.374. The summed E-state index contributed by atoms with van der Waals surface area (Å²) < 4.78 is 20.9. The molecule has 0 amide bonds. The van der Waals surface area contributed by atoms with Crippen LogP contribution in [0.1, 0.15) is 9.81 Å². The third kappa shape index (κ3) is 0.932. The zero-order valence-corrected chi connectivity index (χ0v) is 4.13. The van der Waals surface area contributed by atoms with Crippen molar-refractivity contribution in [3.63, 3.8) is 0 Å². The molecule has 8 heavy (non-hydrogen) atoms. The van der Waals surface area contributed by atoms with Crippen LogP contribution >= 0.6 is 0 Å². The molecule has 0 atom stereocenters. The summed E-state index contributed by atoms with van der Waals surface area (Å²) in [4.78, 5) is 7.12. The van der Waals surface area contributed by atoms with E-state index < -0.39 is 6.85 Å². The molecule has 0 bridgehead atoms. The second kappa shape index (κ2) is 1.78. The minimum atomic E-state index is -2.20. The Labute approximate surface area is 51.8 Å². The van der Waals surface area contributed by atoms with Gasteiger partial charge in [-0.3, -0.25) is 0 Å². The summed E-state index contributed by atoms with van der Waals surface area (Å²) in [6.45, 7) is -2.20. The monoisotopic (exact) mass is 113 g/mol. The first-order valence-electron chi connectivity index (χ1n) is 3.59. The highest BCUT2D eigenvalue weighted by molar-refractivity contribution is 5.15. The lowest BCUT2D eigenvalue weighted by Gasteiger charge is -1.89. The maximum atomic E-state index is 6.96. The first kappa shape index (κ1) is 2.44. The van der Waals surface area contributed by atoms with Gasteiger partial charge in [0.1, 0.15) is 0 Å². The average molecular weight is 113 g/mol. The molecule has 3 heteroatoms. The van der Waals surface area contributed by atoms with E-state index in [1.807, 2.05) is 0 Å². The average Bonchev–Trinajstić information content (AvgIpc) is 1.86. The van der Waals surface area contributed by atoms with Crippen molar-refractivity contribution in [2.24, 2.45) is 0 Å². The Morgan fingerprint density at radius 1 is 1.88 bits per heavy atom. The normalized spacial score (nSPS) is 16.2. The molecule has 0 unspecified atom stereocenters. The largest absolute Gasteiger partial charge is 0.368 e. The lowest BCUT2D eigenvalue weighted by molar-refractivity contribution is 1.12. The Bertz CT molecular complexity index is 257. The third-order valence-electron chi connectivity index (χ3n) is 0.674. The first-order chi connectivity index (χ1) is 5.00. The first-order valence-corrected chi connectivity index (χ1v) is 2.09. The SMILES string of the molecule is [2H][13C]([2H])([2H])c1ccnc(N)n1. The molecule has 1 rings (SSSR count). The Hall–Kier alpha value is -1.12. The van der Waals surface area contributed by atoms with Gasteiger partial charge >= 0.3 is 0 Å². The topological polar surface area (TPSA) is 51.8 Å². The molecule has 1 aromatic rings. The summed E-state index contributed by atoms with van der Waals surface area (Å²) in [6, 6.07) is 1.32. The van der Waals surface area contributed by atoms with E-state index in [0.717, 1.165) is 0 Å². The molecule has 42 valence electrons. The highest BCUT2D eigenvalue weighted by Crippen LogP contribution is 1.91. The predicted molar refractivity (Wildman–Crippen MR) is 31.2 cm³/mol. The number of nitrogens with two attached hydrogens (primary N) is 1. The van der Waals surface area contributed by atoms with Crippen molar-refractivity contribution in [1.29, 1.82) is 0 Å². The fourth-order valence-electron chi connectivity index (χ4n) is 0.374. The smallest absolute Gasteiger partial charge is 0.220 e. The molecule has 0 aliphatic rings. The molecule has 3 nitrogen and oxygen atoms in total. The van der Waals surface area contributed by atoms with Crippen molar-refractivity contribution < 1.29 is 4.11 Å². The van der Waals surface area contributed by atoms with E-state index in [2.05, 4.69) is 9.97 Å². The third-order valence-corrected chi connectivity index (χ3v) is 0.674. The molecule has 0 aliphatic carbocycles. The van der Waals surface area contributed by atoms with Gasteiger partial charge in [-0.15, -0.1) is 0 Å². The number of rotatable bonds is 0.